The van der Waals surface area contributed by atoms with Crippen LogP contribution < -0.4 is 0 Å². The molecule has 108 valence electrons. The Morgan fingerprint density at radius 1 is 1.24 bits per heavy atom. The van der Waals surface area contributed by atoms with Crippen molar-refractivity contribution in [1.82, 2.24) is 20.0 Å². The molecule has 3 heterocycles. The van der Waals surface area contributed by atoms with Gasteiger partial charge in [-0.3, -0.25) is 4.68 Å². The third-order valence-corrected chi connectivity index (χ3v) is 3.89. The summed E-state index contributed by atoms with van der Waals surface area (Å²) in [6.07, 6.45) is 2.07. The van der Waals surface area contributed by atoms with E-state index >= 15 is 0 Å². The molecule has 0 N–H and O–H groups in total. The number of rotatable bonds is 2. The minimum Gasteiger partial charge on any atom is -0.419 e. The molecule has 1 aliphatic heterocycles. The van der Waals surface area contributed by atoms with Crippen molar-refractivity contribution in [3.05, 3.63) is 30.2 Å². The molecule has 1 fully saturated rings. The van der Waals surface area contributed by atoms with Crippen LogP contribution in [0.3, 0.4) is 0 Å². The van der Waals surface area contributed by atoms with Gasteiger partial charge in [0.2, 0.25) is 5.89 Å². The zero-order valence-electron chi connectivity index (χ0n) is 11.8. The summed E-state index contributed by atoms with van der Waals surface area (Å²) in [6.45, 7) is 1.48. The van der Waals surface area contributed by atoms with E-state index in [9.17, 15) is 0 Å². The lowest BCUT2D eigenvalue weighted by atomic mass is 10.0. The molecule has 21 heavy (non-hydrogen) atoms. The van der Waals surface area contributed by atoms with Crippen LogP contribution in [0.5, 0.6) is 0 Å². The molecule has 1 unspecified atom stereocenters. The fraction of sp³-hybridized carbons (Fsp3) is 0.400. The van der Waals surface area contributed by atoms with E-state index < -0.39 is 0 Å². The van der Waals surface area contributed by atoms with Gasteiger partial charge in [0, 0.05) is 19.0 Å². The average Bonchev–Trinajstić information content (AvgIpc) is 3.11. The van der Waals surface area contributed by atoms with Crippen LogP contribution >= 0.6 is 0 Å². The number of nitrogens with zero attached hydrogens (tertiary/aromatic N) is 4. The summed E-state index contributed by atoms with van der Waals surface area (Å²) in [7, 11) is 1.89. The Balaban J connectivity index is 1.75. The molecule has 0 saturated carbocycles. The summed E-state index contributed by atoms with van der Waals surface area (Å²) in [5.41, 5.74) is 1.79. The molecule has 6 nitrogen and oxygen atoms in total. The number of aryl methyl sites for hydroxylation is 1. The summed E-state index contributed by atoms with van der Waals surface area (Å²) in [6, 6.07) is 7.95. The third kappa shape index (κ3) is 2.12. The Labute approximate surface area is 121 Å². The second-order valence-electron chi connectivity index (χ2n) is 5.35. The zero-order valence-corrected chi connectivity index (χ0v) is 11.8. The highest BCUT2D eigenvalue weighted by Crippen LogP contribution is 2.30. The van der Waals surface area contributed by atoms with Gasteiger partial charge in [0.25, 0.3) is 5.89 Å². The van der Waals surface area contributed by atoms with E-state index in [-0.39, 0.29) is 5.92 Å². The summed E-state index contributed by atoms with van der Waals surface area (Å²) in [5.74, 6) is 1.39. The molecule has 3 aromatic rings. The van der Waals surface area contributed by atoms with Gasteiger partial charge in [0.1, 0.15) is 5.69 Å². The first-order chi connectivity index (χ1) is 10.3. The number of hydrogen-bond acceptors (Lipinski definition) is 5. The van der Waals surface area contributed by atoms with Gasteiger partial charge in [-0.1, -0.05) is 18.2 Å². The van der Waals surface area contributed by atoms with Crippen LogP contribution in [0.2, 0.25) is 0 Å². The van der Waals surface area contributed by atoms with Crippen LogP contribution in [0.4, 0.5) is 0 Å². The SMILES string of the molecule is Cn1nc2ccccc2c1-c1nnc(C2CCCOC2)o1. The standard InChI is InChI=1S/C15H16N4O2/c1-19-13(11-6-2-3-7-12(11)18-19)15-17-16-14(21-15)10-5-4-8-20-9-10/h2-3,6-7,10H,4-5,8-9H2,1H3. The lowest BCUT2D eigenvalue weighted by molar-refractivity contribution is 0.0727. The first kappa shape index (κ1) is 12.5. The molecule has 4 rings (SSSR count). The topological polar surface area (TPSA) is 66.0 Å². The Morgan fingerprint density at radius 2 is 2.14 bits per heavy atom. The zero-order chi connectivity index (χ0) is 14.2. The van der Waals surface area contributed by atoms with Crippen molar-refractivity contribution in [3.63, 3.8) is 0 Å². The first-order valence-electron chi connectivity index (χ1n) is 7.16. The van der Waals surface area contributed by atoms with Crippen molar-refractivity contribution in [3.8, 4) is 11.6 Å². The van der Waals surface area contributed by atoms with Gasteiger partial charge < -0.3 is 9.15 Å². The minimum absolute atomic E-state index is 0.208. The summed E-state index contributed by atoms with van der Waals surface area (Å²) in [4.78, 5) is 0. The molecule has 1 aliphatic rings. The molecule has 6 heteroatoms. The maximum atomic E-state index is 5.89. The summed E-state index contributed by atoms with van der Waals surface area (Å²) in [5, 5.41) is 13.9. The van der Waals surface area contributed by atoms with E-state index in [4.69, 9.17) is 9.15 Å². The normalized spacial score (nSPS) is 19.2. The number of fused-ring (bicyclic) bond motifs is 1. The van der Waals surface area contributed by atoms with E-state index in [0.29, 0.717) is 18.4 Å². The molecule has 0 bridgehead atoms. The lowest BCUT2D eigenvalue weighted by Gasteiger charge is -2.18. The predicted octanol–water partition coefficient (Wildman–Crippen LogP) is 2.52. The summed E-state index contributed by atoms with van der Waals surface area (Å²) >= 11 is 0. The second kappa shape index (κ2) is 4.96. The van der Waals surface area contributed by atoms with Crippen LogP contribution in [0.25, 0.3) is 22.5 Å². The summed E-state index contributed by atoms with van der Waals surface area (Å²) < 4.78 is 13.2. The van der Waals surface area contributed by atoms with Crippen LogP contribution in [-0.4, -0.2) is 33.2 Å². The Kier molecular flexibility index (Phi) is 2.96. The van der Waals surface area contributed by atoms with Gasteiger partial charge in [-0.05, 0) is 18.9 Å². The quantitative estimate of drug-likeness (QED) is 0.723. The van der Waals surface area contributed by atoms with Crippen LogP contribution in [0, 0.1) is 0 Å². The maximum Gasteiger partial charge on any atom is 0.266 e. The number of benzene rings is 1. The van der Waals surface area contributed by atoms with Crippen molar-refractivity contribution in [1.29, 1.82) is 0 Å². The molecule has 1 aromatic carbocycles. The van der Waals surface area contributed by atoms with E-state index in [1.165, 1.54) is 0 Å². The highest BCUT2D eigenvalue weighted by atomic mass is 16.5. The van der Waals surface area contributed by atoms with Crippen molar-refractivity contribution in [2.75, 3.05) is 13.2 Å². The van der Waals surface area contributed by atoms with Gasteiger partial charge in [-0.25, -0.2) is 0 Å². The van der Waals surface area contributed by atoms with Crippen LogP contribution in [-0.2, 0) is 11.8 Å². The molecule has 0 aliphatic carbocycles. The van der Waals surface area contributed by atoms with Gasteiger partial charge in [0.05, 0.1) is 18.0 Å². The number of aromatic nitrogens is 4. The van der Waals surface area contributed by atoms with Gasteiger partial charge in [0.15, 0.2) is 0 Å². The van der Waals surface area contributed by atoms with Crippen molar-refractivity contribution in [2.45, 2.75) is 18.8 Å². The van der Waals surface area contributed by atoms with Crippen molar-refractivity contribution >= 4 is 10.9 Å². The monoisotopic (exact) mass is 284 g/mol. The molecule has 1 atom stereocenters. The Bertz CT molecular complexity index is 771. The van der Waals surface area contributed by atoms with Gasteiger partial charge in [-0.2, -0.15) is 5.10 Å². The van der Waals surface area contributed by atoms with Crippen LogP contribution in [0.1, 0.15) is 24.7 Å². The highest BCUT2D eigenvalue weighted by molar-refractivity contribution is 5.90. The predicted molar refractivity (Wildman–Crippen MR) is 76.8 cm³/mol. The molecule has 0 radical (unpaired) electrons. The largest absolute Gasteiger partial charge is 0.419 e. The second-order valence-corrected chi connectivity index (χ2v) is 5.35. The molecule has 1 saturated heterocycles. The lowest BCUT2D eigenvalue weighted by Crippen LogP contribution is -2.15. The fourth-order valence-corrected chi connectivity index (χ4v) is 2.83. The van der Waals surface area contributed by atoms with Gasteiger partial charge in [-0.15, -0.1) is 10.2 Å². The molecular formula is C15H16N4O2. The molecule has 2 aromatic heterocycles. The number of ether oxygens (including phenoxy) is 1. The van der Waals surface area contributed by atoms with Crippen LogP contribution in [0.15, 0.2) is 28.7 Å². The minimum atomic E-state index is 0.208. The smallest absolute Gasteiger partial charge is 0.266 e. The average molecular weight is 284 g/mol. The Morgan fingerprint density at radius 3 is 3.00 bits per heavy atom. The molecular weight excluding hydrogens is 268 g/mol. The van der Waals surface area contributed by atoms with E-state index in [1.807, 2.05) is 31.3 Å². The number of hydrogen-bond donors (Lipinski definition) is 0. The fourth-order valence-electron chi connectivity index (χ4n) is 2.83. The Hall–Kier alpha value is -2.21. The van der Waals surface area contributed by atoms with E-state index in [0.717, 1.165) is 36.0 Å². The van der Waals surface area contributed by atoms with E-state index in [1.54, 1.807) is 4.68 Å². The first-order valence-corrected chi connectivity index (χ1v) is 7.16. The van der Waals surface area contributed by atoms with Crippen molar-refractivity contribution in [2.24, 2.45) is 7.05 Å². The van der Waals surface area contributed by atoms with Gasteiger partial charge >= 0.3 is 0 Å². The van der Waals surface area contributed by atoms with Crippen molar-refractivity contribution < 1.29 is 9.15 Å². The van der Waals surface area contributed by atoms with E-state index in [2.05, 4.69) is 15.3 Å². The maximum absolute atomic E-state index is 5.89. The molecule has 0 amide bonds. The third-order valence-electron chi connectivity index (χ3n) is 3.89. The highest BCUT2D eigenvalue weighted by Gasteiger charge is 2.24. The molecule has 0 spiro atoms.